The lowest BCUT2D eigenvalue weighted by Gasteiger charge is -2.24. The molecule has 2 aliphatic heterocycles. The first-order valence-corrected chi connectivity index (χ1v) is 5.88. The number of rotatable bonds is 2. The molecule has 86 valence electrons. The third-order valence-electron chi connectivity index (χ3n) is 3.41. The van der Waals surface area contributed by atoms with Crippen molar-refractivity contribution in [1.82, 2.24) is 10.2 Å². The van der Waals surface area contributed by atoms with Crippen molar-refractivity contribution in [1.29, 1.82) is 0 Å². The molecule has 2 saturated heterocycles. The van der Waals surface area contributed by atoms with E-state index in [9.17, 15) is 9.18 Å². The molecule has 2 rings (SSSR count). The summed E-state index contributed by atoms with van der Waals surface area (Å²) >= 11 is 0. The minimum Gasteiger partial charge on any atom is -0.340 e. The van der Waals surface area contributed by atoms with Crippen molar-refractivity contribution in [2.45, 2.75) is 31.9 Å². The van der Waals surface area contributed by atoms with Crippen LogP contribution in [0.15, 0.2) is 0 Å². The van der Waals surface area contributed by atoms with Crippen molar-refractivity contribution >= 4 is 5.91 Å². The predicted molar refractivity (Wildman–Crippen MR) is 56.3 cm³/mol. The summed E-state index contributed by atoms with van der Waals surface area (Å²) in [5.74, 6) is 0.666. The van der Waals surface area contributed by atoms with Gasteiger partial charge in [-0.25, -0.2) is 4.39 Å². The number of hydrogen-bond donors (Lipinski definition) is 1. The molecule has 1 N–H and O–H groups in total. The van der Waals surface area contributed by atoms with E-state index in [1.807, 2.05) is 0 Å². The number of alkyl halides is 1. The first-order valence-electron chi connectivity index (χ1n) is 5.88. The number of amides is 1. The number of carbonyl (C=O) groups is 1. The van der Waals surface area contributed by atoms with E-state index in [0.29, 0.717) is 31.8 Å². The molecule has 2 heterocycles. The van der Waals surface area contributed by atoms with Crippen LogP contribution in [0.25, 0.3) is 0 Å². The molecule has 0 aromatic rings. The van der Waals surface area contributed by atoms with Gasteiger partial charge < -0.3 is 10.2 Å². The smallest absolute Gasteiger partial charge is 0.222 e. The van der Waals surface area contributed by atoms with Crippen molar-refractivity contribution in [3.63, 3.8) is 0 Å². The summed E-state index contributed by atoms with van der Waals surface area (Å²) in [6, 6.07) is 0. The molecule has 0 radical (unpaired) electrons. The highest BCUT2D eigenvalue weighted by Crippen LogP contribution is 2.20. The maximum absolute atomic E-state index is 12.9. The standard InChI is InChI=1S/C11H19FN2O/c12-10-3-6-14(8-10)11(15)7-9-1-4-13-5-2-9/h9-10,13H,1-8H2/t10-/m1/s1. The van der Waals surface area contributed by atoms with Crippen LogP contribution >= 0.6 is 0 Å². The topological polar surface area (TPSA) is 32.3 Å². The average molecular weight is 214 g/mol. The van der Waals surface area contributed by atoms with Gasteiger partial charge in [0.15, 0.2) is 0 Å². The number of carbonyl (C=O) groups excluding carboxylic acids is 1. The van der Waals surface area contributed by atoms with Gasteiger partial charge in [-0.2, -0.15) is 0 Å². The molecule has 0 aromatic carbocycles. The van der Waals surface area contributed by atoms with Crippen LogP contribution in [0.4, 0.5) is 4.39 Å². The lowest BCUT2D eigenvalue weighted by molar-refractivity contribution is -0.131. The van der Waals surface area contributed by atoms with Crippen molar-refractivity contribution < 1.29 is 9.18 Å². The fourth-order valence-electron chi connectivity index (χ4n) is 2.41. The van der Waals surface area contributed by atoms with Crippen molar-refractivity contribution in [3.05, 3.63) is 0 Å². The molecule has 0 saturated carbocycles. The van der Waals surface area contributed by atoms with E-state index in [2.05, 4.69) is 5.32 Å². The Morgan fingerprint density at radius 3 is 2.67 bits per heavy atom. The number of likely N-dealkylation sites (tertiary alicyclic amines) is 1. The second kappa shape index (κ2) is 4.92. The number of nitrogens with one attached hydrogen (secondary N) is 1. The zero-order valence-corrected chi connectivity index (χ0v) is 9.04. The summed E-state index contributed by atoms with van der Waals surface area (Å²) in [6.45, 7) is 2.97. The number of hydrogen-bond acceptors (Lipinski definition) is 2. The summed E-state index contributed by atoms with van der Waals surface area (Å²) in [7, 11) is 0. The molecular formula is C11H19FN2O. The van der Waals surface area contributed by atoms with E-state index >= 15 is 0 Å². The summed E-state index contributed by atoms with van der Waals surface area (Å²) < 4.78 is 12.9. The van der Waals surface area contributed by atoms with Gasteiger partial charge in [-0.05, 0) is 38.3 Å². The highest BCUT2D eigenvalue weighted by atomic mass is 19.1. The molecule has 0 aromatic heterocycles. The maximum atomic E-state index is 12.9. The van der Waals surface area contributed by atoms with E-state index < -0.39 is 6.17 Å². The second-order valence-electron chi connectivity index (χ2n) is 4.62. The highest BCUT2D eigenvalue weighted by molar-refractivity contribution is 5.76. The van der Waals surface area contributed by atoms with Gasteiger partial charge in [-0.15, -0.1) is 0 Å². The Hall–Kier alpha value is -0.640. The van der Waals surface area contributed by atoms with Crippen molar-refractivity contribution in [2.24, 2.45) is 5.92 Å². The molecule has 0 aliphatic carbocycles. The van der Waals surface area contributed by atoms with E-state index in [-0.39, 0.29) is 5.91 Å². The van der Waals surface area contributed by atoms with Crippen LogP contribution in [0.3, 0.4) is 0 Å². The van der Waals surface area contributed by atoms with Crippen LogP contribution < -0.4 is 5.32 Å². The van der Waals surface area contributed by atoms with Crippen LogP contribution in [0.1, 0.15) is 25.7 Å². The highest BCUT2D eigenvalue weighted by Gasteiger charge is 2.27. The van der Waals surface area contributed by atoms with Crippen LogP contribution in [0.2, 0.25) is 0 Å². The normalized spacial score (nSPS) is 28.3. The molecule has 1 atom stereocenters. The monoisotopic (exact) mass is 214 g/mol. The van der Waals surface area contributed by atoms with Gasteiger partial charge in [0, 0.05) is 13.0 Å². The Morgan fingerprint density at radius 1 is 1.33 bits per heavy atom. The van der Waals surface area contributed by atoms with E-state index in [1.165, 1.54) is 0 Å². The van der Waals surface area contributed by atoms with Gasteiger partial charge in [-0.1, -0.05) is 0 Å². The molecule has 1 amide bonds. The SMILES string of the molecule is O=C(CC1CCNCC1)N1CC[C@@H](F)C1. The minimum atomic E-state index is -0.790. The third kappa shape index (κ3) is 2.91. The van der Waals surface area contributed by atoms with Gasteiger partial charge in [-0.3, -0.25) is 4.79 Å². The third-order valence-corrected chi connectivity index (χ3v) is 3.41. The fraction of sp³-hybridized carbons (Fsp3) is 0.909. The first kappa shape index (κ1) is 10.9. The molecular weight excluding hydrogens is 195 g/mol. The van der Waals surface area contributed by atoms with Crippen LogP contribution in [-0.2, 0) is 4.79 Å². The second-order valence-corrected chi connectivity index (χ2v) is 4.62. The fourth-order valence-corrected chi connectivity index (χ4v) is 2.41. The molecule has 0 spiro atoms. The Bertz CT molecular complexity index is 229. The van der Waals surface area contributed by atoms with Crippen LogP contribution in [-0.4, -0.2) is 43.2 Å². The molecule has 0 unspecified atom stereocenters. The molecule has 4 heteroatoms. The van der Waals surface area contributed by atoms with Gasteiger partial charge in [0.05, 0.1) is 6.54 Å². The number of piperidine rings is 1. The number of halogens is 1. The minimum absolute atomic E-state index is 0.155. The van der Waals surface area contributed by atoms with E-state index in [0.717, 1.165) is 25.9 Å². The largest absolute Gasteiger partial charge is 0.340 e. The van der Waals surface area contributed by atoms with Gasteiger partial charge >= 0.3 is 0 Å². The van der Waals surface area contributed by atoms with Crippen molar-refractivity contribution in [2.75, 3.05) is 26.2 Å². The van der Waals surface area contributed by atoms with E-state index in [1.54, 1.807) is 4.90 Å². The van der Waals surface area contributed by atoms with Crippen LogP contribution in [0.5, 0.6) is 0 Å². The molecule has 2 aliphatic rings. The van der Waals surface area contributed by atoms with Crippen LogP contribution in [0, 0.1) is 5.92 Å². The van der Waals surface area contributed by atoms with Gasteiger partial charge in [0.2, 0.25) is 5.91 Å². The van der Waals surface area contributed by atoms with E-state index in [4.69, 9.17) is 0 Å². The lowest BCUT2D eigenvalue weighted by atomic mass is 9.94. The van der Waals surface area contributed by atoms with Gasteiger partial charge in [0.1, 0.15) is 6.17 Å². The Morgan fingerprint density at radius 2 is 2.07 bits per heavy atom. The zero-order valence-electron chi connectivity index (χ0n) is 9.04. The Kier molecular flexibility index (Phi) is 3.57. The predicted octanol–water partition coefficient (Wildman–Crippen LogP) is 0.946. The number of nitrogens with zero attached hydrogens (tertiary/aromatic N) is 1. The quantitative estimate of drug-likeness (QED) is 0.742. The molecule has 15 heavy (non-hydrogen) atoms. The molecule has 3 nitrogen and oxygen atoms in total. The Balaban J connectivity index is 1.76. The lowest BCUT2D eigenvalue weighted by Crippen LogP contribution is -2.34. The molecule has 2 fully saturated rings. The average Bonchev–Trinajstić information content (AvgIpc) is 2.66. The summed E-state index contributed by atoms with van der Waals surface area (Å²) in [5, 5.41) is 3.28. The zero-order chi connectivity index (χ0) is 10.7. The molecule has 0 bridgehead atoms. The maximum Gasteiger partial charge on any atom is 0.222 e. The first-order chi connectivity index (χ1) is 7.25. The summed E-state index contributed by atoms with van der Waals surface area (Å²) in [6.07, 6.45) is 2.52. The van der Waals surface area contributed by atoms with Gasteiger partial charge in [0.25, 0.3) is 0 Å². The Labute approximate surface area is 90.0 Å². The summed E-state index contributed by atoms with van der Waals surface area (Å²) in [4.78, 5) is 13.5. The summed E-state index contributed by atoms with van der Waals surface area (Å²) in [5.41, 5.74) is 0. The van der Waals surface area contributed by atoms with Crippen molar-refractivity contribution in [3.8, 4) is 0 Å².